The molecule has 3 N–H and O–H groups in total. The van der Waals surface area contributed by atoms with E-state index in [0.29, 0.717) is 17.2 Å². The highest BCUT2D eigenvalue weighted by Crippen LogP contribution is 2.06. The summed E-state index contributed by atoms with van der Waals surface area (Å²) in [7, 11) is -3.28. The molecular formula is C14H16N4O4S. The van der Waals surface area contributed by atoms with Gasteiger partial charge in [-0.05, 0) is 24.3 Å². The van der Waals surface area contributed by atoms with E-state index in [1.807, 2.05) is 6.07 Å². The van der Waals surface area contributed by atoms with Crippen LogP contribution >= 0.6 is 0 Å². The normalized spacial score (nSPS) is 11.5. The second-order valence-electron chi connectivity index (χ2n) is 4.59. The zero-order chi connectivity index (χ0) is 16.7. The van der Waals surface area contributed by atoms with Crippen LogP contribution in [-0.2, 0) is 16.6 Å². The lowest BCUT2D eigenvalue weighted by Crippen LogP contribution is -2.24. The van der Waals surface area contributed by atoms with Gasteiger partial charge in [0.05, 0.1) is 19.0 Å². The van der Waals surface area contributed by atoms with Gasteiger partial charge >= 0.3 is 6.03 Å². The lowest BCUT2D eigenvalue weighted by molar-refractivity contribution is 0.252. The van der Waals surface area contributed by atoms with Crippen molar-refractivity contribution in [3.63, 3.8) is 0 Å². The molecule has 0 saturated carbocycles. The number of hydrogen-bond acceptors (Lipinski definition) is 5. The van der Waals surface area contributed by atoms with Crippen LogP contribution in [0, 0.1) is 0 Å². The molecule has 2 aromatic rings. The number of hydrazone groups is 1. The van der Waals surface area contributed by atoms with Gasteiger partial charge in [-0.1, -0.05) is 18.2 Å². The Morgan fingerprint density at radius 1 is 1.22 bits per heavy atom. The number of nitrogens with one attached hydrogen (secondary N) is 3. The van der Waals surface area contributed by atoms with E-state index in [9.17, 15) is 13.2 Å². The van der Waals surface area contributed by atoms with Gasteiger partial charge in [0.15, 0.2) is 0 Å². The quantitative estimate of drug-likeness (QED) is 0.548. The van der Waals surface area contributed by atoms with Gasteiger partial charge in [-0.2, -0.15) is 5.10 Å². The first-order valence-electron chi connectivity index (χ1n) is 6.61. The summed E-state index contributed by atoms with van der Waals surface area (Å²) in [6, 6.07) is 11.7. The fourth-order valence-electron chi connectivity index (χ4n) is 1.60. The van der Waals surface area contributed by atoms with Crippen molar-refractivity contribution in [3.8, 4) is 0 Å². The molecule has 2 amide bonds. The predicted molar refractivity (Wildman–Crippen MR) is 86.6 cm³/mol. The van der Waals surface area contributed by atoms with Gasteiger partial charge in [0, 0.05) is 5.69 Å². The first-order chi connectivity index (χ1) is 10.9. The molecule has 0 saturated heterocycles. The summed E-state index contributed by atoms with van der Waals surface area (Å²) in [6.07, 6.45) is 2.38. The first-order valence-corrected chi connectivity index (χ1v) is 8.50. The maximum absolute atomic E-state index is 11.6. The number of benzene rings is 1. The van der Waals surface area contributed by atoms with Crippen LogP contribution in [-0.4, -0.2) is 26.9 Å². The Balaban J connectivity index is 1.81. The summed E-state index contributed by atoms with van der Waals surface area (Å²) in [4.78, 5) is 11.6. The maximum Gasteiger partial charge on any atom is 0.339 e. The average molecular weight is 336 g/mol. The lowest BCUT2D eigenvalue weighted by Gasteiger charge is -2.02. The van der Waals surface area contributed by atoms with Crippen LogP contribution in [0.2, 0.25) is 0 Å². The number of para-hydroxylation sites is 1. The number of rotatable bonds is 6. The minimum atomic E-state index is -3.28. The van der Waals surface area contributed by atoms with E-state index < -0.39 is 16.1 Å². The minimum Gasteiger partial charge on any atom is -0.459 e. The molecule has 8 nitrogen and oxygen atoms in total. The number of nitrogens with zero attached hydrogens (tertiary/aromatic N) is 1. The number of carbonyl (C=O) groups excluding carboxylic acids is 1. The van der Waals surface area contributed by atoms with Crippen molar-refractivity contribution in [2.24, 2.45) is 5.10 Å². The van der Waals surface area contributed by atoms with Gasteiger partial charge in [-0.15, -0.1) is 0 Å². The Kier molecular flexibility index (Phi) is 5.50. The fraction of sp³-hybridized carbons (Fsp3) is 0.143. The van der Waals surface area contributed by atoms with Crippen molar-refractivity contribution in [2.45, 2.75) is 6.54 Å². The van der Waals surface area contributed by atoms with Crippen LogP contribution in [0.3, 0.4) is 0 Å². The van der Waals surface area contributed by atoms with E-state index >= 15 is 0 Å². The number of amides is 2. The van der Waals surface area contributed by atoms with Crippen molar-refractivity contribution in [1.82, 2.24) is 10.1 Å². The molecule has 23 heavy (non-hydrogen) atoms. The van der Waals surface area contributed by atoms with Crippen molar-refractivity contribution in [2.75, 3.05) is 11.6 Å². The van der Waals surface area contributed by atoms with E-state index in [0.717, 1.165) is 6.26 Å². The van der Waals surface area contributed by atoms with E-state index in [1.54, 1.807) is 36.4 Å². The molecular weight excluding hydrogens is 320 g/mol. The molecule has 0 atom stereocenters. The molecule has 0 radical (unpaired) electrons. The molecule has 0 aliphatic heterocycles. The highest BCUT2D eigenvalue weighted by molar-refractivity contribution is 7.88. The van der Waals surface area contributed by atoms with Crippen molar-refractivity contribution in [1.29, 1.82) is 0 Å². The van der Waals surface area contributed by atoms with Crippen molar-refractivity contribution < 1.29 is 17.6 Å². The molecule has 1 aromatic heterocycles. The number of anilines is 1. The van der Waals surface area contributed by atoms with Crippen LogP contribution < -0.4 is 15.5 Å². The Morgan fingerprint density at radius 3 is 2.65 bits per heavy atom. The van der Waals surface area contributed by atoms with Crippen molar-refractivity contribution in [3.05, 3.63) is 54.0 Å². The summed E-state index contributed by atoms with van der Waals surface area (Å²) in [5.41, 5.74) is 2.94. The summed E-state index contributed by atoms with van der Waals surface area (Å²) < 4.78 is 29.6. The maximum atomic E-state index is 11.6. The predicted octanol–water partition coefficient (Wildman–Crippen LogP) is 1.48. The summed E-state index contributed by atoms with van der Waals surface area (Å²) >= 11 is 0. The first kappa shape index (κ1) is 16.7. The smallest absolute Gasteiger partial charge is 0.339 e. The van der Waals surface area contributed by atoms with Gasteiger partial charge in [-0.3, -0.25) is 0 Å². The van der Waals surface area contributed by atoms with Gasteiger partial charge in [0.2, 0.25) is 10.0 Å². The summed E-state index contributed by atoms with van der Waals surface area (Å²) in [5, 5.41) is 6.34. The van der Waals surface area contributed by atoms with Crippen LogP contribution in [0.5, 0.6) is 0 Å². The van der Waals surface area contributed by atoms with Gasteiger partial charge in [0.25, 0.3) is 0 Å². The Hall–Kier alpha value is -2.65. The number of carbonyl (C=O) groups is 1. The van der Waals surface area contributed by atoms with E-state index in [2.05, 4.69) is 20.6 Å². The number of urea groups is 1. The molecule has 9 heteroatoms. The molecule has 1 aromatic carbocycles. The Morgan fingerprint density at radius 2 is 1.96 bits per heavy atom. The standard InChI is InChI=1S/C14H16N4O4S/c1-23(20,21)16-10-13-8-7-12(22-13)9-15-18-14(19)17-11-5-3-2-4-6-11/h2-9,16H,10H2,1H3,(H2,17,18,19)/b15-9+. The highest BCUT2D eigenvalue weighted by Gasteiger charge is 2.05. The van der Waals surface area contributed by atoms with Crippen LogP contribution in [0.25, 0.3) is 0 Å². The number of furan rings is 1. The van der Waals surface area contributed by atoms with Crippen LogP contribution in [0.1, 0.15) is 11.5 Å². The molecule has 122 valence electrons. The Labute approximate surface area is 133 Å². The number of sulfonamides is 1. The molecule has 1 heterocycles. The van der Waals surface area contributed by atoms with Crippen LogP contribution in [0.4, 0.5) is 10.5 Å². The third kappa shape index (κ3) is 6.32. The lowest BCUT2D eigenvalue weighted by atomic mass is 10.3. The summed E-state index contributed by atoms with van der Waals surface area (Å²) in [6.45, 7) is 0.0502. The monoisotopic (exact) mass is 336 g/mol. The molecule has 0 aliphatic rings. The molecule has 2 rings (SSSR count). The van der Waals surface area contributed by atoms with E-state index in [-0.39, 0.29) is 6.54 Å². The van der Waals surface area contributed by atoms with Gasteiger partial charge in [-0.25, -0.2) is 23.4 Å². The molecule has 0 aliphatic carbocycles. The zero-order valence-corrected chi connectivity index (χ0v) is 13.1. The molecule has 0 unspecified atom stereocenters. The zero-order valence-electron chi connectivity index (χ0n) is 12.3. The third-order valence-electron chi connectivity index (χ3n) is 2.58. The van der Waals surface area contributed by atoms with Crippen LogP contribution in [0.15, 0.2) is 52.0 Å². The summed E-state index contributed by atoms with van der Waals surface area (Å²) in [5.74, 6) is 0.820. The fourth-order valence-corrected chi connectivity index (χ4v) is 2.00. The topological polar surface area (TPSA) is 113 Å². The second-order valence-corrected chi connectivity index (χ2v) is 6.42. The molecule has 0 bridgehead atoms. The SMILES string of the molecule is CS(=O)(=O)NCc1ccc(/C=N/NC(=O)Nc2ccccc2)o1. The molecule has 0 fully saturated rings. The van der Waals surface area contributed by atoms with Crippen molar-refractivity contribution >= 4 is 28.0 Å². The largest absolute Gasteiger partial charge is 0.459 e. The average Bonchev–Trinajstić information content (AvgIpc) is 2.93. The van der Waals surface area contributed by atoms with Gasteiger partial charge < -0.3 is 9.73 Å². The molecule has 0 spiro atoms. The number of hydrogen-bond donors (Lipinski definition) is 3. The third-order valence-corrected chi connectivity index (χ3v) is 3.25. The van der Waals surface area contributed by atoms with E-state index in [4.69, 9.17) is 4.42 Å². The Bertz CT molecular complexity index is 784. The van der Waals surface area contributed by atoms with E-state index in [1.165, 1.54) is 6.21 Å². The highest BCUT2D eigenvalue weighted by atomic mass is 32.2. The second kappa shape index (κ2) is 7.56. The van der Waals surface area contributed by atoms with Gasteiger partial charge in [0.1, 0.15) is 11.5 Å². The minimum absolute atomic E-state index is 0.0502.